The highest BCUT2D eigenvalue weighted by molar-refractivity contribution is 6.36. The van der Waals surface area contributed by atoms with Crippen molar-refractivity contribution in [3.63, 3.8) is 0 Å². The van der Waals surface area contributed by atoms with E-state index in [1.165, 1.54) is 0 Å². The number of rotatable bonds is 4. The Morgan fingerprint density at radius 1 is 1.33 bits per heavy atom. The van der Waals surface area contributed by atoms with Crippen molar-refractivity contribution < 1.29 is 4.74 Å². The molecule has 1 fully saturated rings. The lowest BCUT2D eigenvalue weighted by molar-refractivity contribution is 0.0471. The van der Waals surface area contributed by atoms with Gasteiger partial charge in [0.25, 0.3) is 0 Å². The standard InChI is InChI=1S/C12H15Cl3N2O/c13-3-6-18-10-1-4-17(5-2-10)12-11(15)7-9(14)8-16-12/h7-8,10H,1-6H2. The maximum absolute atomic E-state index is 6.15. The summed E-state index contributed by atoms with van der Waals surface area (Å²) < 4.78 is 5.63. The number of aromatic nitrogens is 1. The van der Waals surface area contributed by atoms with Crippen molar-refractivity contribution in [2.24, 2.45) is 0 Å². The fraction of sp³-hybridized carbons (Fsp3) is 0.583. The highest BCUT2D eigenvalue weighted by Crippen LogP contribution is 2.28. The summed E-state index contributed by atoms with van der Waals surface area (Å²) in [6, 6.07) is 1.72. The summed E-state index contributed by atoms with van der Waals surface area (Å²) in [6.07, 6.45) is 3.86. The van der Waals surface area contributed by atoms with Gasteiger partial charge in [0.2, 0.25) is 0 Å². The van der Waals surface area contributed by atoms with E-state index in [9.17, 15) is 0 Å². The van der Waals surface area contributed by atoms with Crippen molar-refractivity contribution in [2.75, 3.05) is 30.5 Å². The largest absolute Gasteiger partial charge is 0.377 e. The molecule has 0 amide bonds. The van der Waals surface area contributed by atoms with Gasteiger partial charge in [-0.3, -0.25) is 0 Å². The SMILES string of the molecule is ClCCOC1CCN(c2ncc(Cl)cc2Cl)CC1. The molecule has 18 heavy (non-hydrogen) atoms. The van der Waals surface area contributed by atoms with Crippen LogP contribution in [0.5, 0.6) is 0 Å². The van der Waals surface area contributed by atoms with Gasteiger partial charge in [-0.05, 0) is 18.9 Å². The van der Waals surface area contributed by atoms with E-state index in [1.807, 2.05) is 0 Å². The Kier molecular flexibility index (Phi) is 5.37. The first-order valence-corrected chi connectivity index (χ1v) is 7.23. The second-order valence-corrected chi connectivity index (χ2v) is 5.43. The van der Waals surface area contributed by atoms with Crippen LogP contribution in [0.3, 0.4) is 0 Å². The monoisotopic (exact) mass is 308 g/mol. The van der Waals surface area contributed by atoms with Crippen LogP contribution in [-0.2, 0) is 4.74 Å². The number of alkyl halides is 1. The number of hydrogen-bond acceptors (Lipinski definition) is 3. The summed E-state index contributed by atoms with van der Waals surface area (Å²) in [5.74, 6) is 1.35. The minimum Gasteiger partial charge on any atom is -0.377 e. The minimum absolute atomic E-state index is 0.297. The second-order valence-electron chi connectivity index (χ2n) is 4.21. The molecule has 0 aliphatic carbocycles. The maximum Gasteiger partial charge on any atom is 0.147 e. The topological polar surface area (TPSA) is 25.4 Å². The van der Waals surface area contributed by atoms with Crippen LogP contribution in [0.25, 0.3) is 0 Å². The number of ether oxygens (including phenoxy) is 1. The van der Waals surface area contributed by atoms with Crippen molar-refractivity contribution >= 4 is 40.6 Å². The van der Waals surface area contributed by atoms with Gasteiger partial charge in [0.1, 0.15) is 5.82 Å². The lowest BCUT2D eigenvalue weighted by atomic mass is 10.1. The zero-order chi connectivity index (χ0) is 13.0. The highest BCUT2D eigenvalue weighted by atomic mass is 35.5. The number of hydrogen-bond donors (Lipinski definition) is 0. The molecule has 0 aromatic carbocycles. The fourth-order valence-corrected chi connectivity index (χ4v) is 2.67. The van der Waals surface area contributed by atoms with E-state index in [4.69, 9.17) is 39.5 Å². The summed E-state index contributed by atoms with van der Waals surface area (Å²) in [5.41, 5.74) is 0. The first-order chi connectivity index (χ1) is 8.70. The van der Waals surface area contributed by atoms with E-state index < -0.39 is 0 Å². The van der Waals surface area contributed by atoms with Crippen LogP contribution < -0.4 is 4.90 Å². The van der Waals surface area contributed by atoms with E-state index in [-0.39, 0.29) is 0 Å². The molecule has 0 spiro atoms. The Morgan fingerprint density at radius 2 is 2.06 bits per heavy atom. The highest BCUT2D eigenvalue weighted by Gasteiger charge is 2.22. The third-order valence-corrected chi connectivity index (χ3v) is 3.60. The van der Waals surface area contributed by atoms with Gasteiger partial charge in [-0.25, -0.2) is 4.98 Å². The van der Waals surface area contributed by atoms with Gasteiger partial charge in [0, 0.05) is 25.2 Å². The molecule has 6 heteroatoms. The van der Waals surface area contributed by atoms with E-state index in [1.54, 1.807) is 12.3 Å². The molecule has 3 nitrogen and oxygen atoms in total. The smallest absolute Gasteiger partial charge is 0.147 e. The Balaban J connectivity index is 1.93. The van der Waals surface area contributed by atoms with Crippen LogP contribution in [0.1, 0.15) is 12.8 Å². The predicted molar refractivity (Wildman–Crippen MR) is 76.2 cm³/mol. The molecule has 0 radical (unpaired) electrons. The summed E-state index contributed by atoms with van der Waals surface area (Å²) in [6.45, 7) is 2.40. The molecule has 1 saturated heterocycles. The van der Waals surface area contributed by atoms with Crippen molar-refractivity contribution in [1.82, 2.24) is 4.98 Å². The van der Waals surface area contributed by atoms with E-state index >= 15 is 0 Å². The average molecular weight is 310 g/mol. The minimum atomic E-state index is 0.297. The molecule has 1 aliphatic heterocycles. The van der Waals surface area contributed by atoms with Crippen LogP contribution in [0.4, 0.5) is 5.82 Å². The molecular weight excluding hydrogens is 295 g/mol. The normalized spacial score (nSPS) is 17.2. The van der Waals surface area contributed by atoms with E-state index in [0.29, 0.717) is 28.6 Å². The zero-order valence-electron chi connectivity index (χ0n) is 9.91. The number of pyridine rings is 1. The molecule has 0 saturated carbocycles. The first kappa shape index (κ1) is 14.2. The summed E-state index contributed by atoms with van der Waals surface area (Å²) in [7, 11) is 0. The molecular formula is C12H15Cl3N2O. The van der Waals surface area contributed by atoms with Gasteiger partial charge in [-0.2, -0.15) is 0 Å². The Bertz CT molecular complexity index is 395. The van der Waals surface area contributed by atoms with Crippen LogP contribution >= 0.6 is 34.8 Å². The number of piperidine rings is 1. The van der Waals surface area contributed by atoms with Gasteiger partial charge in [0.15, 0.2) is 0 Å². The number of nitrogens with zero attached hydrogens (tertiary/aromatic N) is 2. The summed E-state index contributed by atoms with van der Waals surface area (Å²) in [4.78, 5) is 6.45. The van der Waals surface area contributed by atoms with Crippen molar-refractivity contribution in [3.05, 3.63) is 22.3 Å². The zero-order valence-corrected chi connectivity index (χ0v) is 12.2. The van der Waals surface area contributed by atoms with Crippen LogP contribution in [0.2, 0.25) is 10.0 Å². The van der Waals surface area contributed by atoms with Crippen molar-refractivity contribution in [2.45, 2.75) is 18.9 Å². The predicted octanol–water partition coefficient (Wildman–Crippen LogP) is 3.61. The van der Waals surface area contributed by atoms with Crippen molar-refractivity contribution in [3.8, 4) is 0 Å². The third kappa shape index (κ3) is 3.64. The first-order valence-electron chi connectivity index (χ1n) is 5.94. The molecule has 100 valence electrons. The molecule has 1 aromatic heterocycles. The molecule has 0 unspecified atom stereocenters. The molecule has 0 N–H and O–H groups in total. The van der Waals surface area contributed by atoms with E-state index in [0.717, 1.165) is 31.7 Å². The van der Waals surface area contributed by atoms with Gasteiger partial charge in [-0.15, -0.1) is 11.6 Å². The molecule has 1 aromatic rings. The molecule has 0 bridgehead atoms. The van der Waals surface area contributed by atoms with Gasteiger partial charge in [0.05, 0.1) is 22.8 Å². The second kappa shape index (κ2) is 6.80. The average Bonchev–Trinajstić information content (AvgIpc) is 2.37. The van der Waals surface area contributed by atoms with E-state index in [2.05, 4.69) is 9.88 Å². The molecule has 1 aliphatic rings. The molecule has 0 atom stereocenters. The van der Waals surface area contributed by atoms with Crippen LogP contribution in [0.15, 0.2) is 12.3 Å². The summed E-state index contributed by atoms with van der Waals surface area (Å²) in [5, 5.41) is 1.16. The Morgan fingerprint density at radius 3 is 2.67 bits per heavy atom. The lowest BCUT2D eigenvalue weighted by Crippen LogP contribution is -2.37. The maximum atomic E-state index is 6.15. The van der Waals surface area contributed by atoms with Crippen LogP contribution in [-0.4, -0.2) is 36.7 Å². The third-order valence-electron chi connectivity index (χ3n) is 2.96. The number of anilines is 1. The Hall–Kier alpha value is -0.220. The van der Waals surface area contributed by atoms with Gasteiger partial charge in [-0.1, -0.05) is 23.2 Å². The van der Waals surface area contributed by atoms with Crippen LogP contribution in [0, 0.1) is 0 Å². The van der Waals surface area contributed by atoms with Crippen molar-refractivity contribution in [1.29, 1.82) is 0 Å². The number of halogens is 3. The molecule has 2 rings (SSSR count). The Labute approximate surface area is 122 Å². The molecule has 2 heterocycles. The quantitative estimate of drug-likeness (QED) is 0.794. The van der Waals surface area contributed by atoms with Gasteiger partial charge >= 0.3 is 0 Å². The lowest BCUT2D eigenvalue weighted by Gasteiger charge is -2.33. The summed E-state index contributed by atoms with van der Waals surface area (Å²) >= 11 is 17.6. The van der Waals surface area contributed by atoms with Gasteiger partial charge < -0.3 is 9.64 Å². The fourth-order valence-electron chi connectivity index (χ4n) is 2.09.